The van der Waals surface area contributed by atoms with Gasteiger partial charge >= 0.3 is 23.9 Å². The third-order valence-corrected chi connectivity index (χ3v) is 16.7. The molecule has 0 unspecified atom stereocenters. The number of nitrogens with zero attached hydrogens (tertiary/aromatic N) is 6. The third kappa shape index (κ3) is 23.9. The lowest BCUT2D eigenvalue weighted by atomic mass is 9.96. The lowest BCUT2D eigenvalue weighted by Crippen LogP contribution is -2.62. The van der Waals surface area contributed by atoms with Gasteiger partial charge in [0.15, 0.2) is 0 Å². The molecule has 3 aliphatic rings. The summed E-state index contributed by atoms with van der Waals surface area (Å²) >= 11 is 12.2. The summed E-state index contributed by atoms with van der Waals surface area (Å²) in [5, 5.41) is 27.8. The molecule has 20 heteroatoms. The van der Waals surface area contributed by atoms with Crippen molar-refractivity contribution in [1.29, 1.82) is 0 Å². The number of piperazine rings is 3. The molecule has 3 N–H and O–H groups in total. The number of carbonyl (C=O) groups is 4. The first-order valence-corrected chi connectivity index (χ1v) is 31.4. The van der Waals surface area contributed by atoms with Crippen LogP contribution in [-0.4, -0.2) is 232 Å². The van der Waals surface area contributed by atoms with E-state index in [1.807, 2.05) is 42.5 Å². The Labute approximate surface area is 534 Å². The number of hydrogen-bond donors (Lipinski definition) is 3. The molecule has 3 fully saturated rings. The van der Waals surface area contributed by atoms with Crippen LogP contribution in [-0.2, 0) is 42.9 Å². The van der Waals surface area contributed by atoms with E-state index < -0.39 is 17.9 Å². The molecule has 0 aromatic heterocycles. The number of rotatable bonds is 30. The maximum Gasteiger partial charge on any atom is 0.332 e. The van der Waals surface area contributed by atoms with E-state index in [-0.39, 0.29) is 50.5 Å². The van der Waals surface area contributed by atoms with Gasteiger partial charge in [-0.05, 0) is 64.6 Å². The maximum absolute atomic E-state index is 11.3. The van der Waals surface area contributed by atoms with Gasteiger partial charge in [-0.3, -0.25) is 24.5 Å². The van der Waals surface area contributed by atoms with Gasteiger partial charge in [0.25, 0.3) is 0 Å². The van der Waals surface area contributed by atoms with Crippen LogP contribution in [0.3, 0.4) is 0 Å². The van der Waals surface area contributed by atoms with Crippen LogP contribution in [0.15, 0.2) is 170 Å². The van der Waals surface area contributed by atoms with Gasteiger partial charge in [0.05, 0.1) is 64.2 Å². The number of quaternary nitrogens is 1. The lowest BCUT2D eigenvalue weighted by Gasteiger charge is -2.47. The number of carbonyl (C=O) groups excluding carboxylic acids is 1. The molecule has 3 aliphatic heterocycles. The first kappa shape index (κ1) is 69.8. The molecule has 0 amide bonds. The molecule has 0 spiro atoms. The van der Waals surface area contributed by atoms with Crippen LogP contribution in [0, 0.1) is 0 Å². The summed E-state index contributed by atoms with van der Waals surface area (Å²) in [6.07, 6.45) is 0. The molecular formula is C69H87Cl2N6O12+. The number of ether oxygens (including phenoxy) is 5. The van der Waals surface area contributed by atoms with Crippen molar-refractivity contribution < 1.29 is 62.7 Å². The highest BCUT2D eigenvalue weighted by Crippen LogP contribution is 2.34. The molecule has 0 saturated carbocycles. The zero-order valence-corrected chi connectivity index (χ0v) is 52.5. The first-order valence-electron chi connectivity index (χ1n) is 30.6. The Morgan fingerprint density at radius 3 is 1.01 bits per heavy atom. The number of hydrogen-bond acceptors (Lipinski definition) is 14. The van der Waals surface area contributed by atoms with Gasteiger partial charge in [-0.2, -0.15) is 0 Å². The standard InChI is InChI=1S/C25H31ClN2O6.C23H29ClN2O3.C21H26N2O3/c26-22-8-6-21(7-9-22)25(20-4-2-1-3-5-20)27-10-12-28(13-11-27,14-16-33-18-23(29)30)15-17-34-19-24(31)32;1-2-29-22(27)18-28-17-16-25-12-14-26(15-13-25)23(19-6-4-3-5-7-19)20-8-10-21(24)11-9-20;24-20(25)17-26-16-15-22-11-13-23(14-12-22)21(18-7-3-1-4-8-18)19-9-5-2-6-10-19/h1-9,25H,10-19H2,(H-,29,30,31,32);3-11,23H,2,12-18H2,1H3;1-10,21H,11-17H2,(H,24,25)/p+1/t25-;23-;/m11./s1. The lowest BCUT2D eigenvalue weighted by molar-refractivity contribution is -0.932. The Hall–Kier alpha value is -6.62. The number of esters is 1. The van der Waals surface area contributed by atoms with Crippen molar-refractivity contribution in [1.82, 2.24) is 24.5 Å². The summed E-state index contributed by atoms with van der Waals surface area (Å²) in [7, 11) is 0. The van der Waals surface area contributed by atoms with Gasteiger partial charge in [-0.25, -0.2) is 19.2 Å². The molecular weight excluding hydrogens is 1180 g/mol. The fourth-order valence-corrected chi connectivity index (χ4v) is 11.9. The number of carboxylic acids is 3. The summed E-state index contributed by atoms with van der Waals surface area (Å²) in [6, 6.07) is 59.0. The average Bonchev–Trinajstić information content (AvgIpc) is 1.78. The van der Waals surface area contributed by atoms with E-state index in [1.165, 1.54) is 33.4 Å². The van der Waals surface area contributed by atoms with Gasteiger partial charge in [0.2, 0.25) is 0 Å². The summed E-state index contributed by atoms with van der Waals surface area (Å²) < 4.78 is 26.8. The van der Waals surface area contributed by atoms with Gasteiger partial charge in [-0.15, -0.1) is 0 Å². The quantitative estimate of drug-likeness (QED) is 0.0220. The second kappa shape index (κ2) is 38.2. The van der Waals surface area contributed by atoms with Gasteiger partial charge in [-0.1, -0.05) is 169 Å². The summed E-state index contributed by atoms with van der Waals surface area (Å²) in [4.78, 5) is 55.6. The van der Waals surface area contributed by atoms with Crippen molar-refractivity contribution in [2.45, 2.75) is 25.0 Å². The molecule has 6 aromatic carbocycles. The van der Waals surface area contributed by atoms with Crippen LogP contribution >= 0.6 is 23.2 Å². The van der Waals surface area contributed by atoms with Gasteiger partial charge < -0.3 is 43.5 Å². The van der Waals surface area contributed by atoms with E-state index in [0.29, 0.717) is 55.6 Å². The minimum Gasteiger partial charge on any atom is -0.480 e. The topological polar surface area (TPSA) is 191 Å². The molecule has 2 atom stereocenters. The summed E-state index contributed by atoms with van der Waals surface area (Å²) in [5.74, 6) is -3.20. The predicted molar refractivity (Wildman–Crippen MR) is 344 cm³/mol. The van der Waals surface area contributed by atoms with E-state index in [9.17, 15) is 19.2 Å². The van der Waals surface area contributed by atoms with Crippen molar-refractivity contribution in [3.63, 3.8) is 0 Å². The maximum atomic E-state index is 11.3. The highest BCUT2D eigenvalue weighted by Gasteiger charge is 2.36. The summed E-state index contributed by atoms with van der Waals surface area (Å²) in [5.41, 5.74) is 7.56. The average molecular weight is 1260 g/mol. The van der Waals surface area contributed by atoms with Crippen LogP contribution in [0.1, 0.15) is 58.4 Å². The predicted octanol–water partition coefficient (Wildman–Crippen LogP) is 8.89. The van der Waals surface area contributed by atoms with Crippen LogP contribution in [0.2, 0.25) is 10.0 Å². The van der Waals surface area contributed by atoms with Crippen LogP contribution in [0.4, 0.5) is 0 Å². The normalized spacial score (nSPS) is 16.4. The second-order valence-corrected chi connectivity index (χ2v) is 23.1. The number of halogens is 2. The van der Waals surface area contributed by atoms with E-state index in [4.69, 9.17) is 62.2 Å². The van der Waals surface area contributed by atoms with Crippen molar-refractivity contribution in [2.75, 3.05) is 164 Å². The Morgan fingerprint density at radius 1 is 0.404 bits per heavy atom. The molecule has 3 saturated heterocycles. The fraction of sp³-hybridized carbons (Fsp3) is 0.420. The second-order valence-electron chi connectivity index (χ2n) is 22.2. The van der Waals surface area contributed by atoms with Gasteiger partial charge in [0.1, 0.15) is 39.5 Å². The minimum absolute atomic E-state index is 0.0282. The molecule has 478 valence electrons. The Balaban J connectivity index is 0.000000192. The molecule has 0 bridgehead atoms. The van der Waals surface area contributed by atoms with Crippen LogP contribution in [0.5, 0.6) is 0 Å². The van der Waals surface area contributed by atoms with E-state index in [1.54, 1.807) is 6.92 Å². The molecule has 0 aliphatic carbocycles. The van der Waals surface area contributed by atoms with E-state index in [2.05, 4.69) is 152 Å². The molecule has 0 radical (unpaired) electrons. The van der Waals surface area contributed by atoms with Crippen molar-refractivity contribution in [2.24, 2.45) is 0 Å². The molecule has 6 aromatic rings. The van der Waals surface area contributed by atoms with Crippen LogP contribution in [0.25, 0.3) is 0 Å². The third-order valence-electron chi connectivity index (χ3n) is 16.2. The Bertz CT molecular complexity index is 2910. The molecule has 3 heterocycles. The smallest absolute Gasteiger partial charge is 0.332 e. The zero-order chi connectivity index (χ0) is 63.1. The SMILES string of the molecule is CCOC(=O)COCCN1CCN([C@H](c2ccccc2)c2ccc(Cl)cc2)CC1.O=C(O)COCCN1CCN(C(c2ccccc2)c2ccccc2)CC1.O=C(O)COCC[N+]1(CCOCC(=O)O)CCN([C@H](c2ccccc2)c2ccc(Cl)cc2)CC1. The van der Waals surface area contributed by atoms with Crippen LogP contribution < -0.4 is 0 Å². The fourth-order valence-electron chi connectivity index (χ4n) is 11.6. The Kier molecular flexibility index (Phi) is 29.9. The minimum atomic E-state index is -0.991. The number of benzene rings is 6. The zero-order valence-electron chi connectivity index (χ0n) is 51.0. The molecule has 9 rings (SSSR count). The molecule has 89 heavy (non-hydrogen) atoms. The van der Waals surface area contributed by atoms with Gasteiger partial charge in [0, 0.05) is 88.6 Å². The highest BCUT2D eigenvalue weighted by molar-refractivity contribution is 6.30. The highest BCUT2D eigenvalue weighted by atomic mass is 35.5. The Morgan fingerprint density at radius 2 is 0.697 bits per heavy atom. The monoisotopic (exact) mass is 1260 g/mol. The number of aliphatic carboxylic acids is 3. The van der Waals surface area contributed by atoms with Crippen molar-refractivity contribution >= 4 is 47.1 Å². The van der Waals surface area contributed by atoms with Crippen molar-refractivity contribution in [3.05, 3.63) is 213 Å². The van der Waals surface area contributed by atoms with E-state index in [0.717, 1.165) is 96.6 Å². The number of carboxylic acid groups (broad SMARTS) is 3. The van der Waals surface area contributed by atoms with E-state index >= 15 is 0 Å². The largest absolute Gasteiger partial charge is 0.480 e. The summed E-state index contributed by atoms with van der Waals surface area (Å²) in [6.45, 7) is 17.0. The first-order chi connectivity index (χ1) is 43.3. The van der Waals surface area contributed by atoms with Crippen molar-refractivity contribution in [3.8, 4) is 0 Å². The molecule has 18 nitrogen and oxygen atoms in total.